The van der Waals surface area contributed by atoms with E-state index in [9.17, 15) is 9.90 Å². The highest BCUT2D eigenvalue weighted by atomic mass is 32.1. The van der Waals surface area contributed by atoms with E-state index in [0.29, 0.717) is 16.8 Å². The first-order valence-corrected chi connectivity index (χ1v) is 11.4. The van der Waals surface area contributed by atoms with Crippen LogP contribution in [-0.2, 0) is 4.79 Å². The summed E-state index contributed by atoms with van der Waals surface area (Å²) >= 11 is 1.55. The van der Waals surface area contributed by atoms with Crippen LogP contribution in [0.3, 0.4) is 0 Å². The zero-order chi connectivity index (χ0) is 22.6. The van der Waals surface area contributed by atoms with Crippen molar-refractivity contribution in [3.05, 3.63) is 135 Å². The SMILES string of the molecule is O=C(C1=C(O)c2ccccc2/C1=N\N=C/c1cccs1)C(c1ccccc1)c1ccccc1. The van der Waals surface area contributed by atoms with E-state index in [2.05, 4.69) is 10.2 Å². The highest BCUT2D eigenvalue weighted by molar-refractivity contribution is 7.11. The van der Waals surface area contributed by atoms with E-state index in [-0.39, 0.29) is 17.1 Å². The Balaban J connectivity index is 1.63. The summed E-state index contributed by atoms with van der Waals surface area (Å²) in [5.41, 5.74) is 3.57. The number of rotatable bonds is 6. The number of aliphatic hydroxyl groups excluding tert-OH is 1. The van der Waals surface area contributed by atoms with Crippen molar-refractivity contribution in [1.29, 1.82) is 0 Å². The molecule has 0 spiro atoms. The molecule has 0 unspecified atom stereocenters. The van der Waals surface area contributed by atoms with E-state index in [1.165, 1.54) is 0 Å². The number of fused-ring (bicyclic) bond motifs is 1. The van der Waals surface area contributed by atoms with Gasteiger partial charge in [0, 0.05) is 16.0 Å². The van der Waals surface area contributed by atoms with Gasteiger partial charge in [-0.1, -0.05) is 91.0 Å². The molecule has 1 aliphatic carbocycles. The van der Waals surface area contributed by atoms with Crippen LogP contribution >= 0.6 is 11.3 Å². The van der Waals surface area contributed by atoms with Crippen molar-refractivity contribution >= 4 is 34.8 Å². The molecule has 0 aliphatic heterocycles. The van der Waals surface area contributed by atoms with E-state index >= 15 is 0 Å². The second-order valence-corrected chi connectivity index (χ2v) is 8.58. The molecule has 0 saturated heterocycles. The average molecular weight is 449 g/mol. The number of ketones is 1. The number of hydrogen-bond acceptors (Lipinski definition) is 5. The van der Waals surface area contributed by atoms with Gasteiger partial charge in [-0.05, 0) is 22.6 Å². The van der Waals surface area contributed by atoms with Gasteiger partial charge in [0.1, 0.15) is 11.5 Å². The molecule has 0 atom stereocenters. The molecule has 0 radical (unpaired) electrons. The summed E-state index contributed by atoms with van der Waals surface area (Å²) < 4.78 is 0. The molecule has 1 aromatic heterocycles. The third-order valence-corrected chi connectivity index (χ3v) is 6.38. The van der Waals surface area contributed by atoms with E-state index < -0.39 is 5.92 Å². The second-order valence-electron chi connectivity index (χ2n) is 7.60. The molecular formula is C28H20N2O2S. The van der Waals surface area contributed by atoms with Gasteiger partial charge in [0.15, 0.2) is 5.78 Å². The van der Waals surface area contributed by atoms with E-state index in [1.54, 1.807) is 23.6 Å². The largest absolute Gasteiger partial charge is 0.506 e. The highest BCUT2D eigenvalue weighted by Gasteiger charge is 2.37. The molecule has 33 heavy (non-hydrogen) atoms. The van der Waals surface area contributed by atoms with Gasteiger partial charge in [-0.3, -0.25) is 4.79 Å². The first-order valence-electron chi connectivity index (χ1n) is 10.6. The Bertz CT molecular complexity index is 1330. The number of hydrogen-bond donors (Lipinski definition) is 1. The van der Waals surface area contributed by atoms with Crippen molar-refractivity contribution in [2.45, 2.75) is 5.92 Å². The minimum absolute atomic E-state index is 0.0578. The number of thiophene rings is 1. The molecule has 1 N–H and O–H groups in total. The number of aliphatic hydroxyl groups is 1. The summed E-state index contributed by atoms with van der Waals surface area (Å²) in [6, 6.07) is 30.4. The van der Waals surface area contributed by atoms with Crippen LogP contribution in [0.1, 0.15) is 33.0 Å². The van der Waals surface area contributed by atoms with E-state index in [4.69, 9.17) is 0 Å². The quantitative estimate of drug-likeness (QED) is 0.280. The minimum Gasteiger partial charge on any atom is -0.506 e. The highest BCUT2D eigenvalue weighted by Crippen LogP contribution is 2.37. The first-order chi connectivity index (χ1) is 16.2. The molecule has 0 fully saturated rings. The third kappa shape index (κ3) is 4.06. The Kier molecular flexibility index (Phi) is 5.79. The number of carbonyl (C=O) groups excluding carboxylic acids is 1. The zero-order valence-electron chi connectivity index (χ0n) is 17.6. The number of carbonyl (C=O) groups is 1. The molecule has 0 saturated carbocycles. The average Bonchev–Trinajstić information content (AvgIpc) is 3.47. The summed E-state index contributed by atoms with van der Waals surface area (Å²) in [5, 5.41) is 21.8. The fourth-order valence-corrected chi connectivity index (χ4v) is 4.63. The van der Waals surface area contributed by atoms with Gasteiger partial charge in [-0.25, -0.2) is 0 Å². The Hall–Kier alpha value is -4.09. The van der Waals surface area contributed by atoms with Crippen molar-refractivity contribution in [1.82, 2.24) is 0 Å². The lowest BCUT2D eigenvalue weighted by atomic mass is 9.83. The number of nitrogens with zero attached hydrogens (tertiary/aromatic N) is 2. The molecule has 5 heteroatoms. The normalized spacial score (nSPS) is 14.4. The number of Topliss-reactive ketones (excluding diaryl/α,β-unsaturated/α-hetero) is 1. The van der Waals surface area contributed by atoms with Crippen molar-refractivity contribution in [2.75, 3.05) is 0 Å². The molecule has 1 aliphatic rings. The molecule has 0 amide bonds. The summed E-state index contributed by atoms with van der Waals surface area (Å²) in [7, 11) is 0. The summed E-state index contributed by atoms with van der Waals surface area (Å²) in [5.74, 6) is -0.853. The van der Waals surface area contributed by atoms with Crippen molar-refractivity contribution in [3.8, 4) is 0 Å². The lowest BCUT2D eigenvalue weighted by Crippen LogP contribution is -2.21. The first kappa shape index (κ1) is 20.8. The predicted molar refractivity (Wildman–Crippen MR) is 134 cm³/mol. The maximum atomic E-state index is 14.1. The van der Waals surface area contributed by atoms with Gasteiger partial charge < -0.3 is 5.11 Å². The predicted octanol–water partition coefficient (Wildman–Crippen LogP) is 6.26. The van der Waals surface area contributed by atoms with Crippen LogP contribution < -0.4 is 0 Å². The monoisotopic (exact) mass is 448 g/mol. The standard InChI is InChI=1S/C28H20N2O2S/c31-27-23-16-8-7-15-22(23)26(30-29-18-21-14-9-17-33-21)25(27)28(32)24(19-10-3-1-4-11-19)20-12-5-2-6-13-20/h1-18,24,31H/b29-18-,30-26+. The maximum absolute atomic E-state index is 14.1. The topological polar surface area (TPSA) is 62.0 Å². The Morgan fingerprint density at radius 2 is 1.39 bits per heavy atom. The molecule has 5 rings (SSSR count). The van der Waals surface area contributed by atoms with Gasteiger partial charge >= 0.3 is 0 Å². The molecule has 3 aromatic carbocycles. The van der Waals surface area contributed by atoms with Gasteiger partial charge in [-0.2, -0.15) is 5.10 Å². The summed E-state index contributed by atoms with van der Waals surface area (Å²) in [6.07, 6.45) is 1.66. The lowest BCUT2D eigenvalue weighted by molar-refractivity contribution is -0.115. The van der Waals surface area contributed by atoms with Crippen LogP contribution in [0.4, 0.5) is 0 Å². The Labute approximate surface area is 195 Å². The van der Waals surface area contributed by atoms with Crippen LogP contribution in [0, 0.1) is 0 Å². The molecule has 1 heterocycles. The van der Waals surface area contributed by atoms with Gasteiger partial charge in [-0.15, -0.1) is 16.4 Å². The van der Waals surface area contributed by atoms with Crippen LogP contribution in [0.5, 0.6) is 0 Å². The van der Waals surface area contributed by atoms with E-state index in [1.807, 2.05) is 96.4 Å². The fraction of sp³-hybridized carbons (Fsp3) is 0.0357. The molecule has 4 nitrogen and oxygen atoms in total. The maximum Gasteiger partial charge on any atom is 0.180 e. The molecular weight excluding hydrogens is 428 g/mol. The Morgan fingerprint density at radius 1 is 0.788 bits per heavy atom. The van der Waals surface area contributed by atoms with Crippen LogP contribution in [0.2, 0.25) is 0 Å². The smallest absolute Gasteiger partial charge is 0.180 e. The fourth-order valence-electron chi connectivity index (χ4n) is 4.05. The van der Waals surface area contributed by atoms with Crippen molar-refractivity contribution in [2.24, 2.45) is 10.2 Å². The van der Waals surface area contributed by atoms with Crippen LogP contribution in [0.15, 0.2) is 118 Å². The van der Waals surface area contributed by atoms with Crippen LogP contribution in [-0.4, -0.2) is 22.8 Å². The lowest BCUT2D eigenvalue weighted by Gasteiger charge is -2.18. The van der Waals surface area contributed by atoms with Gasteiger partial charge in [0.05, 0.1) is 17.7 Å². The second kappa shape index (κ2) is 9.18. The van der Waals surface area contributed by atoms with Crippen LogP contribution in [0.25, 0.3) is 5.76 Å². The van der Waals surface area contributed by atoms with Crippen molar-refractivity contribution < 1.29 is 9.90 Å². The third-order valence-electron chi connectivity index (χ3n) is 5.57. The Morgan fingerprint density at radius 3 is 2.00 bits per heavy atom. The molecule has 0 bridgehead atoms. The summed E-state index contributed by atoms with van der Waals surface area (Å²) in [4.78, 5) is 15.0. The molecule has 4 aromatic rings. The van der Waals surface area contributed by atoms with Crippen molar-refractivity contribution in [3.63, 3.8) is 0 Å². The zero-order valence-corrected chi connectivity index (χ0v) is 18.4. The van der Waals surface area contributed by atoms with Gasteiger partial charge in [0.2, 0.25) is 0 Å². The minimum atomic E-state index is -0.578. The molecule has 160 valence electrons. The van der Waals surface area contributed by atoms with E-state index in [0.717, 1.165) is 16.0 Å². The van der Waals surface area contributed by atoms with Gasteiger partial charge in [0.25, 0.3) is 0 Å². The number of benzene rings is 3. The number of allylic oxidation sites excluding steroid dienone is 1. The summed E-state index contributed by atoms with van der Waals surface area (Å²) in [6.45, 7) is 0.